The van der Waals surface area contributed by atoms with Crippen LogP contribution in [0.2, 0.25) is 0 Å². The largest absolute Gasteiger partial charge is 0.376 e. The van der Waals surface area contributed by atoms with E-state index in [2.05, 4.69) is 208 Å². The lowest BCUT2D eigenvalue weighted by Gasteiger charge is -2.42. The normalized spacial score (nSPS) is 17.4. The van der Waals surface area contributed by atoms with Crippen LogP contribution in [-0.2, 0) is 27.1 Å². The van der Waals surface area contributed by atoms with E-state index in [9.17, 15) is 0 Å². The van der Waals surface area contributed by atoms with Gasteiger partial charge in [0.25, 0.3) is 0 Å². The van der Waals surface area contributed by atoms with Crippen LogP contribution in [-0.4, -0.2) is 11.4 Å². The van der Waals surface area contributed by atoms with Crippen molar-refractivity contribution in [1.82, 2.24) is 4.57 Å². The molecule has 0 atom stereocenters. The van der Waals surface area contributed by atoms with E-state index in [0.29, 0.717) is 0 Å². The molecular weight excluding hydrogens is 804 g/mol. The first-order valence-corrected chi connectivity index (χ1v) is 24.9. The van der Waals surface area contributed by atoms with Gasteiger partial charge in [-0.15, -0.1) is 11.3 Å². The molecule has 0 saturated heterocycles. The smallest absolute Gasteiger partial charge is 0.333 e. The summed E-state index contributed by atoms with van der Waals surface area (Å²) in [6.07, 6.45) is 2.43. The van der Waals surface area contributed by atoms with Crippen LogP contribution in [0.3, 0.4) is 0 Å². The summed E-state index contributed by atoms with van der Waals surface area (Å²) in [5.41, 5.74) is 23.6. The number of aromatic nitrogens is 1. The highest BCUT2D eigenvalue weighted by Crippen LogP contribution is 2.54. The maximum atomic E-state index is 2.73. The molecule has 4 heteroatoms. The molecule has 0 saturated carbocycles. The fraction of sp³-hybridized carbons (Fsp3) is 0.311. The zero-order valence-electron chi connectivity index (χ0n) is 40.3. The van der Waals surface area contributed by atoms with Crippen molar-refractivity contribution in [2.24, 2.45) is 0 Å². The van der Waals surface area contributed by atoms with Crippen molar-refractivity contribution >= 4 is 82.5 Å². The molecule has 4 aliphatic rings. The van der Waals surface area contributed by atoms with Crippen molar-refractivity contribution in [2.75, 3.05) is 4.81 Å². The second-order valence-electron chi connectivity index (χ2n) is 24.1. The van der Waals surface area contributed by atoms with E-state index in [4.69, 9.17) is 0 Å². The van der Waals surface area contributed by atoms with Gasteiger partial charge in [0.2, 0.25) is 0 Å². The molecule has 0 bridgehead atoms. The maximum Gasteiger partial charge on any atom is 0.333 e. The van der Waals surface area contributed by atoms with Crippen molar-refractivity contribution in [3.63, 3.8) is 0 Å². The van der Waals surface area contributed by atoms with Crippen molar-refractivity contribution in [2.45, 2.75) is 123 Å². The second kappa shape index (κ2) is 12.4. The minimum absolute atomic E-state index is 0.0175. The van der Waals surface area contributed by atoms with E-state index < -0.39 is 0 Å². The first-order chi connectivity index (χ1) is 30.7. The standard InChI is InChI=1S/C61H59BN2S/c1-57(2,3)34-17-20-36(21-18-34)64-52-33-54-43(44-30-47-48(32-53(44)65-54)60(9,10)26-25-59(47,7)8)28-41(52)38-22-23-39-42-29-46-40(37-15-13-14-16-45(37)61(46,11)12)31-51(42)63-50-24-19-35(58(4,5)6)27-49(50)62(64)55(38)56(39)63/h13-24,27-33H,25-26H2,1-12H3. The SMILES string of the molecule is CC(C)(C)c1ccc(N2B3c4cc(C(C)(C)C)ccc4-n4c5cc6c(cc5c5ccc(c3c54)-c3cc4c(cc32)sc2cc3c(cc24)C(C)(C)CCC3(C)C)C(C)(C)c2ccccc2-6)cc1. The van der Waals surface area contributed by atoms with Gasteiger partial charge in [0.15, 0.2) is 0 Å². The third-order valence-corrected chi connectivity index (χ3v) is 17.9. The van der Waals surface area contributed by atoms with E-state index in [1.807, 2.05) is 11.3 Å². The number of fused-ring (bicyclic) bond motifs is 15. The molecule has 9 aromatic rings. The van der Waals surface area contributed by atoms with Crippen LogP contribution in [0.15, 0.2) is 115 Å². The third kappa shape index (κ3) is 5.24. The molecule has 7 aromatic carbocycles. The van der Waals surface area contributed by atoms with Crippen molar-refractivity contribution < 1.29 is 0 Å². The lowest BCUT2D eigenvalue weighted by atomic mass is 9.43. The van der Waals surface area contributed by atoms with Gasteiger partial charge in [-0.05, 0) is 150 Å². The molecule has 2 nitrogen and oxygen atoms in total. The van der Waals surface area contributed by atoms with Crippen LogP contribution in [0.25, 0.3) is 69.9 Å². The Morgan fingerprint density at radius 2 is 1.15 bits per heavy atom. The average molecular weight is 863 g/mol. The lowest BCUT2D eigenvalue weighted by molar-refractivity contribution is 0.332. The molecule has 13 rings (SSSR count). The molecule has 0 amide bonds. The van der Waals surface area contributed by atoms with E-state index in [-0.39, 0.29) is 33.9 Å². The zero-order valence-corrected chi connectivity index (χ0v) is 41.1. The Morgan fingerprint density at radius 3 is 1.88 bits per heavy atom. The van der Waals surface area contributed by atoms with Crippen LogP contribution in [0.4, 0.5) is 11.4 Å². The monoisotopic (exact) mass is 862 g/mol. The molecule has 2 aliphatic heterocycles. The molecule has 2 aromatic heterocycles. The summed E-state index contributed by atoms with van der Waals surface area (Å²) in [4.78, 5) is 2.73. The van der Waals surface area contributed by atoms with Crippen molar-refractivity contribution in [3.8, 4) is 27.9 Å². The summed E-state index contributed by atoms with van der Waals surface area (Å²) >= 11 is 1.98. The highest BCUT2D eigenvalue weighted by atomic mass is 32.1. The predicted octanol–water partition coefficient (Wildman–Crippen LogP) is 15.6. The number of rotatable bonds is 1. The van der Waals surface area contributed by atoms with Crippen LogP contribution in [0.1, 0.15) is 129 Å². The summed E-state index contributed by atoms with van der Waals surface area (Å²) in [7, 11) is 0. The van der Waals surface area contributed by atoms with Gasteiger partial charge in [-0.3, -0.25) is 0 Å². The highest BCUT2D eigenvalue weighted by Gasteiger charge is 2.46. The Morgan fingerprint density at radius 1 is 0.508 bits per heavy atom. The molecule has 322 valence electrons. The van der Waals surface area contributed by atoms with Gasteiger partial charge in [-0.1, -0.05) is 144 Å². The Hall–Kier alpha value is -5.58. The fourth-order valence-electron chi connectivity index (χ4n) is 12.8. The quantitative estimate of drug-likeness (QED) is 0.149. The zero-order chi connectivity index (χ0) is 45.1. The molecule has 4 heterocycles. The van der Waals surface area contributed by atoms with Crippen molar-refractivity contribution in [3.05, 3.63) is 149 Å². The number of hydrogen-bond donors (Lipinski definition) is 0. The summed E-state index contributed by atoms with van der Waals surface area (Å²) < 4.78 is 5.43. The van der Waals surface area contributed by atoms with Gasteiger partial charge in [-0.25, -0.2) is 0 Å². The van der Waals surface area contributed by atoms with E-state index >= 15 is 0 Å². The van der Waals surface area contributed by atoms with Crippen LogP contribution in [0.5, 0.6) is 0 Å². The number of hydrogen-bond acceptors (Lipinski definition) is 2. The van der Waals surface area contributed by atoms with Gasteiger partial charge in [0.05, 0.1) is 11.0 Å². The lowest BCUT2D eigenvalue weighted by Crippen LogP contribution is -2.60. The molecule has 0 N–H and O–H groups in total. The Labute approximate surface area is 389 Å². The Balaban J connectivity index is 1.17. The van der Waals surface area contributed by atoms with Gasteiger partial charge in [-0.2, -0.15) is 0 Å². The Bertz CT molecular complexity index is 3600. The van der Waals surface area contributed by atoms with E-state index in [1.165, 1.54) is 138 Å². The van der Waals surface area contributed by atoms with Crippen LogP contribution in [0, 0.1) is 0 Å². The van der Waals surface area contributed by atoms with Gasteiger partial charge in [0, 0.05) is 59.0 Å². The molecule has 0 radical (unpaired) electrons. The van der Waals surface area contributed by atoms with Gasteiger partial charge >= 0.3 is 6.85 Å². The summed E-state index contributed by atoms with van der Waals surface area (Å²) in [5, 5.41) is 5.47. The predicted molar refractivity (Wildman–Crippen MR) is 283 cm³/mol. The summed E-state index contributed by atoms with van der Waals surface area (Å²) in [6, 6.07) is 46.5. The first kappa shape index (κ1) is 39.8. The molecular formula is C61H59BN2S. The summed E-state index contributed by atoms with van der Waals surface area (Å²) in [5.74, 6) is 0. The molecule has 2 aliphatic carbocycles. The van der Waals surface area contributed by atoms with E-state index in [0.717, 1.165) is 0 Å². The Kier molecular flexibility index (Phi) is 7.61. The minimum atomic E-state index is -0.0845. The molecule has 0 unspecified atom stereocenters. The fourth-order valence-corrected chi connectivity index (χ4v) is 13.9. The molecule has 0 fully saturated rings. The molecule has 0 spiro atoms. The first-order valence-electron chi connectivity index (χ1n) is 24.1. The van der Waals surface area contributed by atoms with Crippen molar-refractivity contribution in [1.29, 1.82) is 0 Å². The van der Waals surface area contributed by atoms with Crippen LogP contribution < -0.4 is 15.7 Å². The van der Waals surface area contributed by atoms with Gasteiger partial charge < -0.3 is 9.38 Å². The average Bonchev–Trinajstić information content (AvgIpc) is 3.86. The number of thiophene rings is 1. The maximum absolute atomic E-state index is 2.73. The third-order valence-electron chi connectivity index (χ3n) is 16.8. The van der Waals surface area contributed by atoms with Crippen LogP contribution >= 0.6 is 11.3 Å². The minimum Gasteiger partial charge on any atom is -0.376 e. The van der Waals surface area contributed by atoms with Gasteiger partial charge in [0.1, 0.15) is 0 Å². The summed E-state index contributed by atoms with van der Waals surface area (Å²) in [6.45, 7) is 28.7. The number of nitrogens with zero attached hydrogens (tertiary/aromatic N) is 2. The number of benzene rings is 7. The highest BCUT2D eigenvalue weighted by molar-refractivity contribution is 7.25. The topological polar surface area (TPSA) is 8.17 Å². The second-order valence-corrected chi connectivity index (χ2v) is 25.1. The molecule has 65 heavy (non-hydrogen) atoms. The number of anilines is 2. The van der Waals surface area contributed by atoms with E-state index in [1.54, 1.807) is 0 Å².